The lowest BCUT2D eigenvalue weighted by atomic mass is 10.3. The van der Waals surface area contributed by atoms with Crippen molar-refractivity contribution in [3.8, 4) is 0 Å². The minimum atomic E-state index is -0.508. The van der Waals surface area contributed by atoms with E-state index in [0.717, 1.165) is 16.7 Å². The zero-order valence-corrected chi connectivity index (χ0v) is 15.1. The first-order valence-electron chi connectivity index (χ1n) is 7.81. The number of hydrogen-bond acceptors (Lipinski definition) is 6. The molecule has 1 aromatic heterocycles. The Morgan fingerprint density at radius 2 is 1.92 bits per heavy atom. The number of furan rings is 1. The molecule has 2 aromatic rings. The number of anilines is 2. The van der Waals surface area contributed by atoms with Gasteiger partial charge in [-0.3, -0.25) is 19.3 Å². The lowest BCUT2D eigenvalue weighted by molar-refractivity contribution is -0.127. The first kappa shape index (κ1) is 17.8. The highest BCUT2D eigenvalue weighted by Gasteiger charge is 2.36. The van der Waals surface area contributed by atoms with Crippen LogP contribution >= 0.6 is 11.8 Å². The predicted molar refractivity (Wildman–Crippen MR) is 101 cm³/mol. The Morgan fingerprint density at radius 1 is 1.19 bits per heavy atom. The molecular formula is C18H17N3O4S. The molecule has 3 amide bonds. The standard InChI is InChI=1S/C18H17N3O4S/c1-20(2)16-9-8-13(25-16)10-14-17(23)21(18(24)26-14)11-15(22)19-12-6-4-3-5-7-12/h3-10H,11H2,1-2H3,(H,19,22)/b14-10-. The number of benzene rings is 1. The number of para-hydroxylation sites is 1. The van der Waals surface area contributed by atoms with E-state index < -0.39 is 17.1 Å². The van der Waals surface area contributed by atoms with Crippen LogP contribution in [0.5, 0.6) is 0 Å². The third-order valence-electron chi connectivity index (χ3n) is 3.56. The number of imide groups is 1. The molecule has 2 heterocycles. The van der Waals surface area contributed by atoms with Gasteiger partial charge in [-0.15, -0.1) is 0 Å². The van der Waals surface area contributed by atoms with Gasteiger partial charge < -0.3 is 14.6 Å². The molecule has 0 saturated carbocycles. The van der Waals surface area contributed by atoms with Crippen LogP contribution in [0.15, 0.2) is 51.8 Å². The Bertz CT molecular complexity index is 874. The van der Waals surface area contributed by atoms with Gasteiger partial charge in [0, 0.05) is 31.9 Å². The first-order valence-corrected chi connectivity index (χ1v) is 8.63. The van der Waals surface area contributed by atoms with Crippen molar-refractivity contribution in [2.75, 3.05) is 30.9 Å². The summed E-state index contributed by atoms with van der Waals surface area (Å²) < 4.78 is 5.56. The molecule has 134 valence electrons. The second-order valence-electron chi connectivity index (χ2n) is 5.75. The summed E-state index contributed by atoms with van der Waals surface area (Å²) in [6, 6.07) is 12.3. The summed E-state index contributed by atoms with van der Waals surface area (Å²) in [6.45, 7) is -0.335. The molecular weight excluding hydrogens is 354 g/mol. The largest absolute Gasteiger partial charge is 0.441 e. The monoisotopic (exact) mass is 371 g/mol. The van der Waals surface area contributed by atoms with E-state index in [1.165, 1.54) is 6.08 Å². The number of nitrogens with zero attached hydrogens (tertiary/aromatic N) is 2. The van der Waals surface area contributed by atoms with Crippen LogP contribution in [-0.4, -0.2) is 42.6 Å². The average Bonchev–Trinajstić information content (AvgIpc) is 3.17. The van der Waals surface area contributed by atoms with Gasteiger partial charge >= 0.3 is 0 Å². The molecule has 1 aliphatic rings. The summed E-state index contributed by atoms with van der Waals surface area (Å²) in [6.07, 6.45) is 1.51. The third-order valence-corrected chi connectivity index (χ3v) is 4.47. The molecule has 0 radical (unpaired) electrons. The van der Waals surface area contributed by atoms with E-state index in [1.807, 2.05) is 20.2 Å². The topological polar surface area (TPSA) is 82.9 Å². The predicted octanol–water partition coefficient (Wildman–Crippen LogP) is 3.02. The van der Waals surface area contributed by atoms with Gasteiger partial charge in [-0.2, -0.15) is 0 Å². The molecule has 1 N–H and O–H groups in total. The van der Waals surface area contributed by atoms with Crippen LogP contribution in [-0.2, 0) is 9.59 Å². The van der Waals surface area contributed by atoms with Gasteiger partial charge in [-0.05, 0) is 30.0 Å². The summed E-state index contributed by atoms with van der Waals surface area (Å²) >= 11 is 0.788. The summed E-state index contributed by atoms with van der Waals surface area (Å²) in [5.41, 5.74) is 0.604. The van der Waals surface area contributed by atoms with Crippen LogP contribution in [0.4, 0.5) is 16.4 Å². The zero-order valence-electron chi connectivity index (χ0n) is 14.3. The summed E-state index contributed by atoms with van der Waals surface area (Å²) in [4.78, 5) is 39.6. The van der Waals surface area contributed by atoms with Crippen molar-refractivity contribution < 1.29 is 18.8 Å². The van der Waals surface area contributed by atoms with Crippen molar-refractivity contribution >= 4 is 46.5 Å². The van der Waals surface area contributed by atoms with Crippen molar-refractivity contribution in [3.05, 3.63) is 53.1 Å². The maximum Gasteiger partial charge on any atom is 0.294 e. The lowest BCUT2D eigenvalue weighted by Crippen LogP contribution is -2.36. The number of carbonyl (C=O) groups is 3. The normalized spacial score (nSPS) is 15.6. The Balaban J connectivity index is 1.68. The first-order chi connectivity index (χ1) is 12.4. The Morgan fingerprint density at radius 3 is 2.58 bits per heavy atom. The fraction of sp³-hybridized carbons (Fsp3) is 0.167. The van der Waals surface area contributed by atoms with Crippen LogP contribution in [0.3, 0.4) is 0 Å². The van der Waals surface area contributed by atoms with Crippen molar-refractivity contribution in [1.82, 2.24) is 4.90 Å². The Kier molecular flexibility index (Phi) is 5.13. The van der Waals surface area contributed by atoms with Crippen LogP contribution < -0.4 is 10.2 Å². The highest BCUT2D eigenvalue weighted by Crippen LogP contribution is 2.32. The Hall–Kier alpha value is -3.00. The molecule has 8 heteroatoms. The van der Waals surface area contributed by atoms with Crippen LogP contribution in [0.1, 0.15) is 5.76 Å². The van der Waals surface area contributed by atoms with Gasteiger partial charge in [0.25, 0.3) is 11.1 Å². The fourth-order valence-corrected chi connectivity index (χ4v) is 3.11. The Labute approximate surface area is 154 Å². The summed E-state index contributed by atoms with van der Waals surface area (Å²) in [7, 11) is 3.67. The molecule has 1 aliphatic heterocycles. The summed E-state index contributed by atoms with van der Waals surface area (Å²) in [5.74, 6) is 0.157. The minimum absolute atomic E-state index is 0.224. The number of hydrogen-bond donors (Lipinski definition) is 1. The lowest BCUT2D eigenvalue weighted by Gasteiger charge is -2.12. The van der Waals surface area contributed by atoms with Gasteiger partial charge in [-0.1, -0.05) is 18.2 Å². The van der Waals surface area contributed by atoms with Crippen molar-refractivity contribution in [2.24, 2.45) is 0 Å². The molecule has 1 saturated heterocycles. The second kappa shape index (κ2) is 7.49. The maximum atomic E-state index is 12.4. The molecule has 0 aliphatic carbocycles. The van der Waals surface area contributed by atoms with E-state index in [9.17, 15) is 14.4 Å². The van der Waals surface area contributed by atoms with Gasteiger partial charge in [0.2, 0.25) is 5.91 Å². The number of nitrogens with one attached hydrogen (secondary N) is 1. The summed E-state index contributed by atoms with van der Waals surface area (Å²) in [5, 5.41) is 2.17. The molecule has 1 fully saturated rings. The smallest absolute Gasteiger partial charge is 0.294 e. The van der Waals surface area contributed by atoms with Crippen LogP contribution in [0.2, 0.25) is 0 Å². The van der Waals surface area contributed by atoms with E-state index in [2.05, 4.69) is 5.32 Å². The highest BCUT2D eigenvalue weighted by molar-refractivity contribution is 8.18. The number of carbonyl (C=O) groups excluding carboxylic acids is 3. The van der Waals surface area contributed by atoms with Gasteiger partial charge in [-0.25, -0.2) is 0 Å². The molecule has 1 aromatic carbocycles. The molecule has 3 rings (SSSR count). The number of rotatable bonds is 5. The average molecular weight is 371 g/mol. The van der Waals surface area contributed by atoms with Gasteiger partial charge in [0.15, 0.2) is 5.88 Å². The maximum absolute atomic E-state index is 12.4. The van der Waals surface area contributed by atoms with Gasteiger partial charge in [0.1, 0.15) is 12.3 Å². The van der Waals surface area contributed by atoms with Crippen molar-refractivity contribution in [3.63, 3.8) is 0 Å². The van der Waals surface area contributed by atoms with Crippen LogP contribution in [0.25, 0.3) is 6.08 Å². The number of thioether (sulfide) groups is 1. The van der Waals surface area contributed by atoms with E-state index in [4.69, 9.17) is 4.42 Å². The van der Waals surface area contributed by atoms with E-state index in [1.54, 1.807) is 41.3 Å². The van der Waals surface area contributed by atoms with E-state index in [-0.39, 0.29) is 11.4 Å². The quantitative estimate of drug-likeness (QED) is 0.814. The molecule has 26 heavy (non-hydrogen) atoms. The van der Waals surface area contributed by atoms with Crippen LogP contribution in [0, 0.1) is 0 Å². The SMILES string of the molecule is CN(C)c1ccc(/C=C2\SC(=O)N(CC(=O)Nc3ccccc3)C2=O)o1. The molecule has 0 atom stereocenters. The second-order valence-corrected chi connectivity index (χ2v) is 6.75. The van der Waals surface area contributed by atoms with E-state index in [0.29, 0.717) is 17.3 Å². The highest BCUT2D eigenvalue weighted by atomic mass is 32.2. The molecule has 7 nitrogen and oxygen atoms in total. The fourth-order valence-electron chi connectivity index (χ4n) is 2.29. The van der Waals surface area contributed by atoms with Crippen molar-refractivity contribution in [2.45, 2.75) is 0 Å². The zero-order chi connectivity index (χ0) is 18.7. The number of amides is 3. The molecule has 0 bridgehead atoms. The molecule has 0 spiro atoms. The van der Waals surface area contributed by atoms with Crippen molar-refractivity contribution in [1.29, 1.82) is 0 Å². The minimum Gasteiger partial charge on any atom is -0.441 e. The van der Waals surface area contributed by atoms with Gasteiger partial charge in [0.05, 0.1) is 4.91 Å². The van der Waals surface area contributed by atoms with E-state index >= 15 is 0 Å². The molecule has 0 unspecified atom stereocenters. The third kappa shape index (κ3) is 3.97.